The van der Waals surface area contributed by atoms with Gasteiger partial charge in [-0.15, -0.1) is 0 Å². The molecule has 2 saturated carbocycles. The largest absolute Gasteiger partial charge is 0.459 e. The first kappa shape index (κ1) is 36.8. The maximum absolute atomic E-state index is 14.3. The second-order valence-corrected chi connectivity index (χ2v) is 16.3. The third kappa shape index (κ3) is 8.33. The number of esters is 1. The van der Waals surface area contributed by atoms with Gasteiger partial charge in [0.15, 0.2) is 0 Å². The van der Waals surface area contributed by atoms with Crippen molar-refractivity contribution in [2.24, 2.45) is 39.7 Å². The van der Waals surface area contributed by atoms with Gasteiger partial charge in [-0.1, -0.05) is 80.4 Å². The minimum Gasteiger partial charge on any atom is -0.459 e. The van der Waals surface area contributed by atoms with Gasteiger partial charge in [-0.25, -0.2) is 14.0 Å². The topological polar surface area (TPSA) is 177 Å². The van der Waals surface area contributed by atoms with Gasteiger partial charge in [0.1, 0.15) is 30.5 Å². The van der Waals surface area contributed by atoms with Gasteiger partial charge in [0.05, 0.1) is 6.04 Å². The first-order valence-corrected chi connectivity index (χ1v) is 16.6. The van der Waals surface area contributed by atoms with E-state index in [9.17, 15) is 33.2 Å². The van der Waals surface area contributed by atoms with E-state index in [1.165, 1.54) is 29.2 Å². The highest BCUT2D eigenvalue weighted by Gasteiger charge is 2.70. The second-order valence-electron chi connectivity index (χ2n) is 16.3. The quantitative estimate of drug-likeness (QED) is 0.195. The molecule has 12 nitrogen and oxygen atoms in total. The third-order valence-corrected chi connectivity index (χ3v) is 9.96. The van der Waals surface area contributed by atoms with Crippen molar-refractivity contribution in [3.63, 3.8) is 0 Å². The van der Waals surface area contributed by atoms with E-state index in [4.69, 9.17) is 10.5 Å². The van der Waals surface area contributed by atoms with E-state index in [1.807, 2.05) is 13.8 Å². The van der Waals surface area contributed by atoms with Crippen molar-refractivity contribution in [3.8, 4) is 0 Å². The van der Waals surface area contributed by atoms with Crippen LogP contribution in [0.25, 0.3) is 0 Å². The Balaban J connectivity index is 1.49. The first-order chi connectivity index (χ1) is 22.1. The number of rotatable bonds is 12. The summed E-state index contributed by atoms with van der Waals surface area (Å²) in [6, 6.07) is 0.542. The minimum atomic E-state index is -1.12. The van der Waals surface area contributed by atoms with Gasteiger partial charge in [-0.3, -0.25) is 19.2 Å². The molecular weight excluding hydrogens is 621 g/mol. The number of ether oxygens (including phenoxy) is 1. The fraction of sp³-hybridized carbons (Fsp3) is 0.657. The first-order valence-electron chi connectivity index (χ1n) is 16.6. The zero-order chi connectivity index (χ0) is 35.9. The molecule has 2 aliphatic carbocycles. The number of benzene rings is 1. The highest BCUT2D eigenvalue weighted by atomic mass is 19.1. The maximum Gasteiger partial charge on any atom is 0.329 e. The second kappa shape index (κ2) is 13.5. The molecule has 1 unspecified atom stereocenters. The standard InChI is InChI=1S/C35H50FN5O7/c1-33(2,3)26(39-32(47)40-27(34(4,5)6)31(46)48-17-19-11-13-20(36)14-12-19)30(45)41-16-21-23(35(21,7)8)24(41)29(44)38-22(15-18-9-10-18)25(42)28(37)43/h11-14,18,21-24,26-27H,9-10,15-17H2,1-8H3,(H2,37,43)(H,38,44)(H2,39,40,47)/t21-,22?,23-,24-,26+,27+/m0/s1. The zero-order valence-corrected chi connectivity index (χ0v) is 29.1. The molecule has 13 heteroatoms. The Bertz CT molecular complexity index is 1440. The summed E-state index contributed by atoms with van der Waals surface area (Å²) in [6.07, 6.45) is 2.10. The van der Waals surface area contributed by atoms with E-state index in [0.717, 1.165) is 12.8 Å². The number of amides is 5. The predicted molar refractivity (Wildman–Crippen MR) is 174 cm³/mol. The molecule has 1 aliphatic heterocycles. The van der Waals surface area contributed by atoms with Gasteiger partial charge in [0, 0.05) is 6.54 Å². The Morgan fingerprint density at radius 3 is 2.02 bits per heavy atom. The Kier molecular flexibility index (Phi) is 10.3. The molecule has 6 atom stereocenters. The van der Waals surface area contributed by atoms with Crippen LogP contribution in [0, 0.1) is 39.8 Å². The van der Waals surface area contributed by atoms with Gasteiger partial charge in [0.25, 0.3) is 5.91 Å². The average molecular weight is 672 g/mol. The smallest absolute Gasteiger partial charge is 0.329 e. The Labute approximate surface area is 281 Å². The number of hydrogen-bond donors (Lipinski definition) is 4. The van der Waals surface area contributed by atoms with Crippen LogP contribution in [0.4, 0.5) is 9.18 Å². The molecule has 264 valence electrons. The van der Waals surface area contributed by atoms with Gasteiger partial charge in [-0.2, -0.15) is 0 Å². The summed E-state index contributed by atoms with van der Waals surface area (Å²) < 4.78 is 18.7. The van der Waals surface area contributed by atoms with Gasteiger partial charge in [0.2, 0.25) is 17.6 Å². The predicted octanol–water partition coefficient (Wildman–Crippen LogP) is 2.82. The Morgan fingerprint density at radius 2 is 1.50 bits per heavy atom. The number of nitrogens with zero attached hydrogens (tertiary/aromatic N) is 1. The van der Waals surface area contributed by atoms with E-state index in [-0.39, 0.29) is 36.3 Å². The summed E-state index contributed by atoms with van der Waals surface area (Å²) in [4.78, 5) is 80.6. The number of nitrogens with one attached hydrogen (secondary N) is 3. The van der Waals surface area contributed by atoms with Crippen LogP contribution in [-0.4, -0.2) is 71.1 Å². The normalized spacial score (nSPS) is 23.2. The van der Waals surface area contributed by atoms with Crippen LogP contribution in [0.5, 0.6) is 0 Å². The molecule has 48 heavy (non-hydrogen) atoms. The minimum absolute atomic E-state index is 0.0292. The van der Waals surface area contributed by atoms with Crippen LogP contribution in [0.2, 0.25) is 0 Å². The molecule has 0 spiro atoms. The molecule has 0 radical (unpaired) electrons. The summed E-state index contributed by atoms with van der Waals surface area (Å²) in [6.45, 7) is 14.8. The summed E-state index contributed by atoms with van der Waals surface area (Å²) in [5.74, 6) is -4.06. The fourth-order valence-electron chi connectivity index (χ4n) is 6.73. The lowest BCUT2D eigenvalue weighted by molar-refractivity contribution is -0.150. The Morgan fingerprint density at radius 1 is 0.938 bits per heavy atom. The molecule has 5 N–H and O–H groups in total. The van der Waals surface area contributed by atoms with Gasteiger partial charge in [-0.05, 0) is 58.1 Å². The lowest BCUT2D eigenvalue weighted by Gasteiger charge is -2.38. The fourth-order valence-corrected chi connectivity index (χ4v) is 6.73. The molecule has 1 aromatic carbocycles. The number of ketones is 1. The van der Waals surface area contributed by atoms with E-state index in [2.05, 4.69) is 16.0 Å². The monoisotopic (exact) mass is 671 g/mol. The SMILES string of the molecule is CC(C)(C)[C@H](NC(=O)N[C@H](C(=O)N1C[C@H]2[C@@H]([C@H]1C(=O)NC(CC1CC1)C(=O)C(N)=O)C2(C)C)C(C)(C)C)C(=O)OCc1ccc(F)cc1. The van der Waals surface area contributed by atoms with Gasteiger partial charge >= 0.3 is 12.0 Å². The van der Waals surface area contributed by atoms with Crippen LogP contribution in [-0.2, 0) is 35.3 Å². The van der Waals surface area contributed by atoms with E-state index in [0.29, 0.717) is 12.0 Å². The highest BCUT2D eigenvalue weighted by molar-refractivity contribution is 6.37. The lowest BCUT2D eigenvalue weighted by Crippen LogP contribution is -2.62. The van der Waals surface area contributed by atoms with Crippen LogP contribution in [0.3, 0.4) is 0 Å². The number of carbonyl (C=O) groups excluding carboxylic acids is 6. The third-order valence-electron chi connectivity index (χ3n) is 9.96. The number of primary amides is 1. The molecule has 0 bridgehead atoms. The molecule has 4 rings (SSSR count). The molecular formula is C35H50FN5O7. The molecule has 1 heterocycles. The summed E-state index contributed by atoms with van der Waals surface area (Å²) in [7, 11) is 0. The van der Waals surface area contributed by atoms with Gasteiger partial charge < -0.3 is 31.3 Å². The number of halogens is 1. The van der Waals surface area contributed by atoms with E-state index in [1.54, 1.807) is 41.5 Å². The zero-order valence-electron chi connectivity index (χ0n) is 29.1. The van der Waals surface area contributed by atoms with Crippen molar-refractivity contribution in [3.05, 3.63) is 35.6 Å². The molecule has 5 amide bonds. The number of hydrogen-bond acceptors (Lipinski definition) is 7. The number of carbonyl (C=O) groups is 6. The molecule has 0 aromatic heterocycles. The highest BCUT2D eigenvalue weighted by Crippen LogP contribution is 2.65. The van der Waals surface area contributed by atoms with Crippen molar-refractivity contribution >= 4 is 35.5 Å². The molecule has 3 fully saturated rings. The Hall–Kier alpha value is -4.03. The number of urea groups is 1. The molecule has 3 aliphatic rings. The number of likely N-dealkylation sites (tertiary alicyclic amines) is 1. The number of fused-ring (bicyclic) bond motifs is 1. The van der Waals surface area contributed by atoms with Crippen molar-refractivity contribution < 1.29 is 37.9 Å². The number of piperidine rings is 1. The van der Waals surface area contributed by atoms with Crippen LogP contribution in [0.15, 0.2) is 24.3 Å². The lowest BCUT2D eigenvalue weighted by atomic mass is 9.85. The molecule has 1 saturated heterocycles. The van der Waals surface area contributed by atoms with Crippen molar-refractivity contribution in [2.75, 3.05) is 6.54 Å². The van der Waals surface area contributed by atoms with Crippen molar-refractivity contribution in [1.82, 2.24) is 20.9 Å². The number of nitrogens with two attached hydrogens (primary N) is 1. The van der Waals surface area contributed by atoms with Crippen LogP contribution in [0.1, 0.15) is 80.2 Å². The van der Waals surface area contributed by atoms with Crippen LogP contribution < -0.4 is 21.7 Å². The van der Waals surface area contributed by atoms with E-state index >= 15 is 0 Å². The summed E-state index contributed by atoms with van der Waals surface area (Å²) in [5.41, 5.74) is 4.05. The number of Topliss-reactive ketones (excluding diaryl/α,β-unsaturated/α-hetero) is 1. The maximum atomic E-state index is 14.3. The van der Waals surface area contributed by atoms with E-state index < -0.39 is 76.3 Å². The average Bonchev–Trinajstić information content (AvgIpc) is 3.83. The van der Waals surface area contributed by atoms with Crippen molar-refractivity contribution in [1.29, 1.82) is 0 Å². The van der Waals surface area contributed by atoms with Crippen molar-refractivity contribution in [2.45, 2.75) is 105 Å². The summed E-state index contributed by atoms with van der Waals surface area (Å²) in [5, 5.41) is 8.16. The van der Waals surface area contributed by atoms with Crippen LogP contribution >= 0.6 is 0 Å². The molecule has 1 aromatic rings. The summed E-state index contributed by atoms with van der Waals surface area (Å²) >= 11 is 0.